The van der Waals surface area contributed by atoms with Crippen molar-refractivity contribution in [2.24, 2.45) is 0 Å². The molecule has 0 atom stereocenters. The minimum Gasteiger partial charge on any atom is -0.407 e. The van der Waals surface area contributed by atoms with Crippen molar-refractivity contribution in [1.29, 1.82) is 0 Å². The molecule has 0 heterocycles. The van der Waals surface area contributed by atoms with Crippen LogP contribution in [0.15, 0.2) is 24.3 Å². The zero-order valence-electron chi connectivity index (χ0n) is 9.42. The van der Waals surface area contributed by atoms with Gasteiger partial charge in [0.05, 0.1) is 0 Å². The molecule has 0 aromatic heterocycles. The average Bonchev–Trinajstić information content (AvgIpc) is 2.14. The van der Waals surface area contributed by atoms with Crippen molar-refractivity contribution >= 4 is 14.9 Å². The minimum atomic E-state index is -0.0398. The van der Waals surface area contributed by atoms with E-state index in [2.05, 4.69) is 52.0 Å². The largest absolute Gasteiger partial charge is 0.407 e. The lowest BCUT2D eigenvalue weighted by Gasteiger charge is -2.19. The summed E-state index contributed by atoms with van der Waals surface area (Å²) in [4.78, 5) is 0. The number of aryl methyl sites for hydroxylation is 1. The van der Waals surface area contributed by atoms with Crippen LogP contribution in [0.3, 0.4) is 0 Å². The third kappa shape index (κ3) is 4.07. The fourth-order valence-corrected chi connectivity index (χ4v) is 1.75. The second-order valence-corrected chi connectivity index (χ2v) is 5.35. The molecule has 0 aliphatic carbocycles. The van der Waals surface area contributed by atoms with Gasteiger partial charge >= 0.3 is 0 Å². The van der Waals surface area contributed by atoms with E-state index in [1.54, 1.807) is 0 Å². The lowest BCUT2D eigenvalue weighted by Crippen LogP contribution is -2.28. The Morgan fingerprint density at radius 1 is 1.14 bits per heavy atom. The average molecular weight is 206 g/mol. The molecular weight excluding hydrogens is 188 g/mol. The normalized spacial score (nSPS) is 11.7. The van der Waals surface area contributed by atoms with Crippen molar-refractivity contribution in [3.63, 3.8) is 0 Å². The zero-order valence-corrected chi connectivity index (χ0v) is 10.4. The Morgan fingerprint density at radius 3 is 2.14 bits per heavy atom. The molecule has 0 fully saturated rings. The highest BCUT2D eigenvalue weighted by Gasteiger charge is 2.10. The van der Waals surface area contributed by atoms with Crippen molar-refractivity contribution < 1.29 is 4.43 Å². The van der Waals surface area contributed by atoms with E-state index in [0.717, 1.165) is 6.42 Å². The summed E-state index contributed by atoms with van der Waals surface area (Å²) in [6.07, 6.45) is 1.10. The molecule has 2 heteroatoms. The minimum absolute atomic E-state index is 0.0398. The first-order valence-electron chi connectivity index (χ1n) is 5.04. The third-order valence-corrected chi connectivity index (χ3v) is 3.12. The van der Waals surface area contributed by atoms with Crippen LogP contribution in [0.1, 0.15) is 33.3 Å². The highest BCUT2D eigenvalue weighted by Crippen LogP contribution is 2.05. The summed E-state index contributed by atoms with van der Waals surface area (Å²) in [6.45, 7) is 8.42. The Bertz CT molecular complexity index is 271. The van der Waals surface area contributed by atoms with Crippen molar-refractivity contribution in [2.45, 2.75) is 39.7 Å². The molecule has 1 nitrogen and oxygen atoms in total. The van der Waals surface area contributed by atoms with Crippen LogP contribution in [0, 0.1) is 0 Å². The second kappa shape index (κ2) is 4.76. The van der Waals surface area contributed by atoms with Crippen LogP contribution in [0.5, 0.6) is 0 Å². The topological polar surface area (TPSA) is 9.23 Å². The van der Waals surface area contributed by atoms with Gasteiger partial charge in [0.2, 0.25) is 0 Å². The molecule has 0 bridgehead atoms. The first-order chi connectivity index (χ1) is 6.51. The fourth-order valence-electron chi connectivity index (χ4n) is 1.02. The molecular formula is C12H18OSi. The van der Waals surface area contributed by atoms with E-state index in [4.69, 9.17) is 4.43 Å². The van der Waals surface area contributed by atoms with Crippen LogP contribution in [-0.4, -0.2) is 15.4 Å². The molecule has 2 radical (unpaired) electrons. The first-order valence-corrected chi connectivity index (χ1v) is 5.95. The first kappa shape index (κ1) is 11.5. The molecule has 1 rings (SSSR count). The van der Waals surface area contributed by atoms with Crippen molar-refractivity contribution in [3.8, 4) is 0 Å². The van der Waals surface area contributed by atoms with Crippen LogP contribution < -0.4 is 5.19 Å². The van der Waals surface area contributed by atoms with Crippen LogP contribution >= 0.6 is 0 Å². The van der Waals surface area contributed by atoms with Crippen molar-refractivity contribution in [2.75, 3.05) is 0 Å². The fraction of sp³-hybridized carbons (Fsp3) is 0.500. The Kier molecular flexibility index (Phi) is 3.90. The van der Waals surface area contributed by atoms with E-state index in [1.165, 1.54) is 10.8 Å². The van der Waals surface area contributed by atoms with Crippen molar-refractivity contribution in [1.82, 2.24) is 0 Å². The van der Waals surface area contributed by atoms with Gasteiger partial charge in [0, 0.05) is 5.60 Å². The van der Waals surface area contributed by atoms with Crippen LogP contribution in [-0.2, 0) is 10.8 Å². The summed E-state index contributed by atoms with van der Waals surface area (Å²) in [5.41, 5.74) is 1.34. The van der Waals surface area contributed by atoms with Crippen LogP contribution in [0.2, 0.25) is 0 Å². The molecule has 14 heavy (non-hydrogen) atoms. The van der Waals surface area contributed by atoms with Crippen LogP contribution in [0.25, 0.3) is 0 Å². The number of benzene rings is 1. The molecule has 76 valence electrons. The summed E-state index contributed by atoms with van der Waals surface area (Å²) in [5, 5.41) is 1.28. The Morgan fingerprint density at radius 2 is 1.71 bits per heavy atom. The van der Waals surface area contributed by atoms with Crippen LogP contribution in [0.4, 0.5) is 0 Å². The summed E-state index contributed by atoms with van der Waals surface area (Å²) in [6, 6.07) is 8.66. The molecule has 0 spiro atoms. The van der Waals surface area contributed by atoms with Gasteiger partial charge in [0.1, 0.15) is 0 Å². The molecule has 0 saturated carbocycles. The van der Waals surface area contributed by atoms with E-state index >= 15 is 0 Å². The number of hydrogen-bond donors (Lipinski definition) is 0. The van der Waals surface area contributed by atoms with Crippen molar-refractivity contribution in [3.05, 3.63) is 29.8 Å². The predicted octanol–water partition coefficient (Wildman–Crippen LogP) is 2.31. The standard InChI is InChI=1S/C12H18OSi/c1-5-10-6-8-11(9-7-10)14-13-12(2,3)4/h6-9H,5H2,1-4H3. The smallest absolute Gasteiger partial charge is 0.269 e. The van der Waals surface area contributed by atoms with Gasteiger partial charge in [-0.25, -0.2) is 0 Å². The Balaban J connectivity index is 2.52. The summed E-state index contributed by atoms with van der Waals surface area (Å²) >= 11 is 0. The highest BCUT2D eigenvalue weighted by atomic mass is 28.2. The van der Waals surface area contributed by atoms with Gasteiger partial charge in [0.15, 0.2) is 0 Å². The van der Waals surface area contributed by atoms with Gasteiger partial charge in [-0.05, 0) is 37.9 Å². The second-order valence-electron chi connectivity index (χ2n) is 4.37. The lowest BCUT2D eigenvalue weighted by atomic mass is 10.2. The van der Waals surface area contributed by atoms with Gasteiger partial charge in [-0.15, -0.1) is 0 Å². The molecule has 0 amide bonds. The Hall–Kier alpha value is -0.603. The summed E-state index contributed by atoms with van der Waals surface area (Å²) < 4.78 is 5.72. The molecule has 0 aliphatic heterocycles. The maximum Gasteiger partial charge on any atom is 0.269 e. The molecule has 1 aromatic carbocycles. The quantitative estimate of drug-likeness (QED) is 0.690. The molecule has 0 N–H and O–H groups in total. The number of hydrogen-bond acceptors (Lipinski definition) is 1. The van der Waals surface area contributed by atoms with Gasteiger partial charge in [-0.2, -0.15) is 0 Å². The molecule has 1 aromatic rings. The molecule has 0 aliphatic rings. The Labute approximate surface area is 89.4 Å². The monoisotopic (exact) mass is 206 g/mol. The number of rotatable bonds is 3. The molecule has 0 saturated heterocycles. The maximum atomic E-state index is 5.72. The summed E-state index contributed by atoms with van der Waals surface area (Å²) in [5.74, 6) is 0. The van der Waals surface area contributed by atoms with Gasteiger partial charge in [0.25, 0.3) is 9.76 Å². The third-order valence-electron chi connectivity index (χ3n) is 1.84. The van der Waals surface area contributed by atoms with Gasteiger partial charge < -0.3 is 4.43 Å². The van der Waals surface area contributed by atoms with E-state index in [-0.39, 0.29) is 5.60 Å². The SMILES string of the molecule is CCc1ccc([Si]OC(C)(C)C)cc1. The lowest BCUT2D eigenvalue weighted by molar-refractivity contribution is 0.142. The predicted molar refractivity (Wildman–Crippen MR) is 62.0 cm³/mol. The summed E-state index contributed by atoms with van der Waals surface area (Å²) in [7, 11) is 0.454. The van der Waals surface area contributed by atoms with E-state index in [1.807, 2.05) is 0 Å². The maximum absolute atomic E-state index is 5.72. The zero-order chi connectivity index (χ0) is 10.6. The highest BCUT2D eigenvalue weighted by molar-refractivity contribution is 6.46. The van der Waals surface area contributed by atoms with Gasteiger partial charge in [-0.3, -0.25) is 0 Å². The van der Waals surface area contributed by atoms with E-state index in [0.29, 0.717) is 9.76 Å². The molecule has 0 unspecified atom stereocenters. The van der Waals surface area contributed by atoms with E-state index in [9.17, 15) is 0 Å². The van der Waals surface area contributed by atoms with E-state index < -0.39 is 0 Å². The van der Waals surface area contributed by atoms with Gasteiger partial charge in [-0.1, -0.05) is 31.2 Å².